The van der Waals surface area contributed by atoms with Crippen LogP contribution in [0.15, 0.2) is 36.4 Å². The Morgan fingerprint density at radius 3 is 1.36 bits per heavy atom. The van der Waals surface area contributed by atoms with Gasteiger partial charge in [-0.1, -0.05) is 24.3 Å². The van der Waals surface area contributed by atoms with Crippen LogP contribution in [0.5, 0.6) is 0 Å². The van der Waals surface area contributed by atoms with Crippen LogP contribution >= 0.6 is 0 Å². The zero-order chi connectivity index (χ0) is 15.4. The molecule has 0 fully saturated rings. The molecule has 2 nitrogen and oxygen atoms in total. The molecule has 0 bridgehead atoms. The van der Waals surface area contributed by atoms with Crippen molar-refractivity contribution in [2.45, 2.75) is 51.4 Å². The van der Waals surface area contributed by atoms with Gasteiger partial charge in [0.1, 0.15) is 0 Å². The fourth-order valence-corrected chi connectivity index (χ4v) is 3.62. The van der Waals surface area contributed by atoms with Gasteiger partial charge in [0, 0.05) is 11.4 Å². The topological polar surface area (TPSA) is 52.0 Å². The lowest BCUT2D eigenvalue weighted by molar-refractivity contribution is 0.687. The van der Waals surface area contributed by atoms with Crippen LogP contribution in [0, 0.1) is 0 Å². The second-order valence-corrected chi connectivity index (χ2v) is 6.38. The maximum absolute atomic E-state index is 5.84. The fraction of sp³-hybridized carbons (Fsp3) is 0.400. The third kappa shape index (κ3) is 3.27. The van der Waals surface area contributed by atoms with E-state index in [-0.39, 0.29) is 0 Å². The quantitative estimate of drug-likeness (QED) is 0.712. The maximum Gasteiger partial charge on any atom is 0.0349 e. The summed E-state index contributed by atoms with van der Waals surface area (Å²) in [6.45, 7) is 0. The van der Waals surface area contributed by atoms with Gasteiger partial charge in [-0.15, -0.1) is 0 Å². The first-order valence-corrected chi connectivity index (χ1v) is 8.48. The summed E-state index contributed by atoms with van der Waals surface area (Å²) in [4.78, 5) is 0. The summed E-state index contributed by atoms with van der Waals surface area (Å²) in [5.74, 6) is 0. The zero-order valence-electron chi connectivity index (χ0n) is 13.3. The molecule has 22 heavy (non-hydrogen) atoms. The highest BCUT2D eigenvalue weighted by Gasteiger charge is 2.10. The summed E-state index contributed by atoms with van der Waals surface area (Å²) < 4.78 is 0. The summed E-state index contributed by atoms with van der Waals surface area (Å²) in [5.41, 5.74) is 19.4. The van der Waals surface area contributed by atoms with Crippen LogP contribution < -0.4 is 11.5 Å². The van der Waals surface area contributed by atoms with Crippen LogP contribution in [0.4, 0.5) is 11.4 Å². The van der Waals surface area contributed by atoms with Crippen molar-refractivity contribution in [1.82, 2.24) is 0 Å². The molecule has 0 heterocycles. The second kappa shape index (κ2) is 6.87. The molecule has 4 rings (SSSR count). The second-order valence-electron chi connectivity index (χ2n) is 6.38. The highest BCUT2D eigenvalue weighted by atomic mass is 14.6. The van der Waals surface area contributed by atoms with Gasteiger partial charge in [-0.2, -0.15) is 0 Å². The molecule has 4 N–H and O–H groups in total. The minimum atomic E-state index is 0.988. The molecular formula is C20H26N2. The summed E-state index contributed by atoms with van der Waals surface area (Å²) in [6, 6.07) is 12.5. The summed E-state index contributed by atoms with van der Waals surface area (Å²) in [7, 11) is 0. The molecule has 2 aliphatic rings. The maximum atomic E-state index is 5.84. The Balaban J connectivity index is 0.000000131. The average molecular weight is 294 g/mol. The number of nitrogens with two attached hydrogens (primary N) is 2. The van der Waals surface area contributed by atoms with Crippen LogP contribution in [0.3, 0.4) is 0 Å². The van der Waals surface area contributed by atoms with Crippen LogP contribution in [0.2, 0.25) is 0 Å². The third-order valence-corrected chi connectivity index (χ3v) is 4.86. The van der Waals surface area contributed by atoms with Crippen LogP contribution in [0.1, 0.15) is 47.9 Å². The molecule has 2 aromatic carbocycles. The van der Waals surface area contributed by atoms with Crippen molar-refractivity contribution in [2.75, 3.05) is 11.5 Å². The lowest BCUT2D eigenvalue weighted by atomic mass is 9.91. The molecule has 0 aromatic heterocycles. The summed E-state index contributed by atoms with van der Waals surface area (Å²) in [6.07, 6.45) is 10.1. The molecular weight excluding hydrogens is 268 g/mol. The van der Waals surface area contributed by atoms with Crippen LogP contribution in [-0.4, -0.2) is 0 Å². The molecule has 0 saturated heterocycles. The Kier molecular flexibility index (Phi) is 4.67. The minimum Gasteiger partial charge on any atom is -0.398 e. The van der Waals surface area contributed by atoms with E-state index < -0.39 is 0 Å². The van der Waals surface area contributed by atoms with E-state index in [1.54, 1.807) is 0 Å². The van der Waals surface area contributed by atoms with Crippen molar-refractivity contribution in [3.63, 3.8) is 0 Å². The molecule has 2 aromatic rings. The Morgan fingerprint density at radius 1 is 0.545 bits per heavy atom. The predicted molar refractivity (Wildman–Crippen MR) is 95.0 cm³/mol. The molecule has 0 spiro atoms. The monoisotopic (exact) mass is 294 g/mol. The first-order valence-electron chi connectivity index (χ1n) is 8.48. The number of aryl methyl sites for hydroxylation is 2. The lowest BCUT2D eigenvalue weighted by Crippen LogP contribution is -2.05. The zero-order valence-corrected chi connectivity index (χ0v) is 13.3. The Bertz CT molecular complexity index is 589. The SMILES string of the molecule is Nc1cccc2c1CCCC2.Nc1cccc2c1CCCC2. The number of benzene rings is 2. The standard InChI is InChI=1S/2C10H13N/c2*11-10-7-3-5-8-4-1-2-6-9(8)10/h2*3,5,7H,1-2,4,6,11H2. The van der Waals surface area contributed by atoms with Crippen molar-refractivity contribution in [3.8, 4) is 0 Å². The number of nitrogen functional groups attached to an aromatic ring is 2. The van der Waals surface area contributed by atoms with Gasteiger partial charge in [-0.3, -0.25) is 0 Å². The van der Waals surface area contributed by atoms with E-state index >= 15 is 0 Å². The van der Waals surface area contributed by atoms with E-state index in [0.29, 0.717) is 0 Å². The number of hydrogen-bond acceptors (Lipinski definition) is 2. The molecule has 0 saturated carbocycles. The van der Waals surface area contributed by atoms with Gasteiger partial charge in [-0.05, 0) is 85.8 Å². The first-order chi connectivity index (χ1) is 10.8. The predicted octanol–water partition coefficient (Wildman–Crippen LogP) is 4.30. The van der Waals surface area contributed by atoms with Crippen molar-refractivity contribution in [3.05, 3.63) is 58.7 Å². The van der Waals surface area contributed by atoms with Gasteiger partial charge in [-0.25, -0.2) is 0 Å². The van der Waals surface area contributed by atoms with Crippen molar-refractivity contribution in [2.24, 2.45) is 0 Å². The van der Waals surface area contributed by atoms with Gasteiger partial charge in [0.15, 0.2) is 0 Å². The van der Waals surface area contributed by atoms with Crippen LogP contribution in [0.25, 0.3) is 0 Å². The van der Waals surface area contributed by atoms with Gasteiger partial charge in [0.2, 0.25) is 0 Å². The summed E-state index contributed by atoms with van der Waals surface area (Å²) >= 11 is 0. The highest BCUT2D eigenvalue weighted by molar-refractivity contribution is 5.52. The number of rotatable bonds is 0. The fourth-order valence-electron chi connectivity index (χ4n) is 3.62. The van der Waals surface area contributed by atoms with Gasteiger partial charge >= 0.3 is 0 Å². The smallest absolute Gasteiger partial charge is 0.0349 e. The molecule has 0 amide bonds. The number of fused-ring (bicyclic) bond motifs is 2. The Morgan fingerprint density at radius 2 is 0.955 bits per heavy atom. The van der Waals surface area contributed by atoms with Gasteiger partial charge in [0.05, 0.1) is 0 Å². The molecule has 116 valence electrons. The normalized spacial score (nSPS) is 16.0. The van der Waals surface area contributed by atoms with Crippen LogP contribution in [-0.2, 0) is 25.7 Å². The molecule has 0 radical (unpaired) electrons. The van der Waals surface area contributed by atoms with E-state index in [0.717, 1.165) is 11.4 Å². The molecule has 0 aliphatic heterocycles. The van der Waals surface area contributed by atoms with Gasteiger partial charge < -0.3 is 11.5 Å². The van der Waals surface area contributed by atoms with E-state index in [4.69, 9.17) is 11.5 Å². The Hall–Kier alpha value is -1.96. The highest BCUT2D eigenvalue weighted by Crippen LogP contribution is 2.26. The van der Waals surface area contributed by atoms with E-state index in [2.05, 4.69) is 24.3 Å². The first kappa shape index (κ1) is 15.0. The average Bonchev–Trinajstić information content (AvgIpc) is 2.57. The number of anilines is 2. The third-order valence-electron chi connectivity index (χ3n) is 4.86. The lowest BCUT2D eigenvalue weighted by Gasteiger charge is -2.16. The number of hydrogen-bond donors (Lipinski definition) is 2. The summed E-state index contributed by atoms with van der Waals surface area (Å²) in [5, 5.41) is 0. The van der Waals surface area contributed by atoms with E-state index in [1.165, 1.54) is 73.6 Å². The molecule has 2 aliphatic carbocycles. The van der Waals surface area contributed by atoms with Crippen molar-refractivity contribution < 1.29 is 0 Å². The molecule has 0 unspecified atom stereocenters. The molecule has 2 heteroatoms. The van der Waals surface area contributed by atoms with Crippen molar-refractivity contribution in [1.29, 1.82) is 0 Å². The minimum absolute atomic E-state index is 0.988. The van der Waals surface area contributed by atoms with Gasteiger partial charge in [0.25, 0.3) is 0 Å². The van der Waals surface area contributed by atoms with E-state index in [9.17, 15) is 0 Å². The Labute approximate surface area is 133 Å². The van der Waals surface area contributed by atoms with Crippen molar-refractivity contribution >= 4 is 11.4 Å². The van der Waals surface area contributed by atoms with E-state index in [1.807, 2.05) is 12.1 Å². The largest absolute Gasteiger partial charge is 0.398 e. The molecule has 0 atom stereocenters.